The lowest BCUT2D eigenvalue weighted by atomic mass is 10.4. The molecular formula is C15H19N7OS. The Bertz CT molecular complexity index is 843. The van der Waals surface area contributed by atoms with Crippen LogP contribution in [0.5, 0.6) is 0 Å². The molecule has 8 nitrogen and oxygen atoms in total. The van der Waals surface area contributed by atoms with Crippen LogP contribution in [0, 0.1) is 0 Å². The number of hydrogen-bond acceptors (Lipinski definition) is 7. The van der Waals surface area contributed by atoms with Crippen LogP contribution in [0.1, 0.15) is 17.6 Å². The second kappa shape index (κ2) is 6.91. The second-order valence-corrected chi connectivity index (χ2v) is 6.43. The number of hydrogen-bond donors (Lipinski definition) is 1. The first-order valence-corrected chi connectivity index (χ1v) is 8.49. The van der Waals surface area contributed by atoms with E-state index in [1.807, 2.05) is 12.4 Å². The number of nitrogens with zero attached hydrogens (tertiary/aromatic N) is 6. The Morgan fingerprint density at radius 3 is 2.88 bits per heavy atom. The molecule has 9 heteroatoms. The third-order valence-corrected chi connectivity index (χ3v) is 4.71. The van der Waals surface area contributed by atoms with E-state index in [-0.39, 0.29) is 12.5 Å². The van der Waals surface area contributed by atoms with Gasteiger partial charge in [-0.15, -0.1) is 11.3 Å². The summed E-state index contributed by atoms with van der Waals surface area (Å²) in [5.41, 5.74) is 2.23. The predicted octanol–water partition coefficient (Wildman–Crippen LogP) is 1.47. The van der Waals surface area contributed by atoms with Crippen molar-refractivity contribution >= 4 is 34.2 Å². The lowest BCUT2D eigenvalue weighted by molar-refractivity contribution is -0.128. The van der Waals surface area contributed by atoms with Crippen molar-refractivity contribution < 1.29 is 4.79 Å². The largest absolute Gasteiger partial charge is 0.348 e. The molecule has 0 spiro atoms. The molecule has 3 aromatic heterocycles. The van der Waals surface area contributed by atoms with Gasteiger partial charge in [-0.1, -0.05) is 6.92 Å². The van der Waals surface area contributed by atoms with Crippen LogP contribution in [-0.4, -0.2) is 56.4 Å². The van der Waals surface area contributed by atoms with Crippen molar-refractivity contribution in [1.29, 1.82) is 0 Å². The lowest BCUT2D eigenvalue weighted by Gasteiger charge is -2.22. The maximum absolute atomic E-state index is 12.5. The first kappa shape index (κ1) is 16.3. The van der Waals surface area contributed by atoms with Crippen molar-refractivity contribution in [3.63, 3.8) is 0 Å². The van der Waals surface area contributed by atoms with Gasteiger partial charge in [0.05, 0.1) is 30.1 Å². The SMILES string of the molecule is CCc1nc(CN(C)C(=O)CN(C)c2ncnc3nc[nH]c23)cs1. The average Bonchev–Trinajstić information content (AvgIpc) is 3.22. The molecule has 0 aromatic carbocycles. The van der Waals surface area contributed by atoms with Crippen molar-refractivity contribution in [2.24, 2.45) is 0 Å². The highest BCUT2D eigenvalue weighted by Gasteiger charge is 2.17. The normalized spacial score (nSPS) is 11.0. The molecule has 0 radical (unpaired) electrons. The summed E-state index contributed by atoms with van der Waals surface area (Å²) < 4.78 is 0. The van der Waals surface area contributed by atoms with Crippen LogP contribution in [0.2, 0.25) is 0 Å². The molecule has 0 saturated heterocycles. The average molecular weight is 345 g/mol. The molecule has 0 saturated carbocycles. The number of H-pyrrole nitrogens is 1. The maximum atomic E-state index is 12.5. The van der Waals surface area contributed by atoms with Gasteiger partial charge in [0.15, 0.2) is 11.5 Å². The summed E-state index contributed by atoms with van der Waals surface area (Å²) in [6.07, 6.45) is 3.93. The van der Waals surface area contributed by atoms with E-state index in [0.717, 1.165) is 22.6 Å². The van der Waals surface area contributed by atoms with Crippen LogP contribution in [-0.2, 0) is 17.8 Å². The number of carbonyl (C=O) groups is 1. The van der Waals surface area contributed by atoms with Crippen molar-refractivity contribution in [2.45, 2.75) is 19.9 Å². The van der Waals surface area contributed by atoms with Crippen LogP contribution >= 0.6 is 11.3 Å². The van der Waals surface area contributed by atoms with Gasteiger partial charge in [-0.2, -0.15) is 0 Å². The molecule has 0 bridgehead atoms. The fraction of sp³-hybridized carbons (Fsp3) is 0.400. The summed E-state index contributed by atoms with van der Waals surface area (Å²) in [7, 11) is 3.61. The molecule has 0 fully saturated rings. The number of aryl methyl sites for hydroxylation is 1. The molecule has 0 aliphatic rings. The van der Waals surface area contributed by atoms with Crippen molar-refractivity contribution in [3.05, 3.63) is 28.7 Å². The Balaban J connectivity index is 1.66. The highest BCUT2D eigenvalue weighted by molar-refractivity contribution is 7.09. The summed E-state index contributed by atoms with van der Waals surface area (Å²) in [6, 6.07) is 0. The first-order chi connectivity index (χ1) is 11.6. The summed E-state index contributed by atoms with van der Waals surface area (Å²) in [4.78, 5) is 35.9. The van der Waals surface area contributed by atoms with Crippen LogP contribution in [0.15, 0.2) is 18.0 Å². The van der Waals surface area contributed by atoms with Gasteiger partial charge in [0.1, 0.15) is 11.8 Å². The van der Waals surface area contributed by atoms with E-state index in [1.165, 1.54) is 6.33 Å². The van der Waals surface area contributed by atoms with E-state index < -0.39 is 0 Å². The maximum Gasteiger partial charge on any atom is 0.242 e. The van der Waals surface area contributed by atoms with Gasteiger partial charge in [-0.05, 0) is 6.42 Å². The Morgan fingerprint density at radius 2 is 2.12 bits per heavy atom. The van der Waals surface area contributed by atoms with E-state index in [4.69, 9.17) is 0 Å². The van der Waals surface area contributed by atoms with Gasteiger partial charge in [0.2, 0.25) is 5.91 Å². The van der Waals surface area contributed by atoms with E-state index in [1.54, 1.807) is 34.5 Å². The molecule has 24 heavy (non-hydrogen) atoms. The third kappa shape index (κ3) is 3.35. The minimum absolute atomic E-state index is 0.00479. The second-order valence-electron chi connectivity index (χ2n) is 5.49. The topological polar surface area (TPSA) is 90.9 Å². The van der Waals surface area contributed by atoms with Gasteiger partial charge in [-0.25, -0.2) is 19.9 Å². The molecule has 0 unspecified atom stereocenters. The number of thiazole rings is 1. The van der Waals surface area contributed by atoms with Gasteiger partial charge >= 0.3 is 0 Å². The molecule has 3 rings (SSSR count). The van der Waals surface area contributed by atoms with Crippen molar-refractivity contribution in [2.75, 3.05) is 25.5 Å². The number of aromatic nitrogens is 5. The highest BCUT2D eigenvalue weighted by atomic mass is 32.1. The van der Waals surface area contributed by atoms with E-state index in [9.17, 15) is 4.79 Å². The predicted molar refractivity (Wildman–Crippen MR) is 92.9 cm³/mol. The Hall–Kier alpha value is -2.55. The molecular weight excluding hydrogens is 326 g/mol. The summed E-state index contributed by atoms with van der Waals surface area (Å²) in [5.74, 6) is 0.649. The zero-order valence-electron chi connectivity index (χ0n) is 13.9. The monoisotopic (exact) mass is 345 g/mol. The number of rotatable bonds is 6. The molecule has 3 heterocycles. The molecule has 126 valence electrons. The molecule has 0 aliphatic carbocycles. The van der Waals surface area contributed by atoms with E-state index in [0.29, 0.717) is 18.0 Å². The number of imidazole rings is 1. The molecule has 3 aromatic rings. The smallest absolute Gasteiger partial charge is 0.242 e. The lowest BCUT2D eigenvalue weighted by Crippen LogP contribution is -2.36. The zero-order chi connectivity index (χ0) is 17.1. The van der Waals surface area contributed by atoms with Crippen LogP contribution < -0.4 is 4.90 Å². The standard InChI is InChI=1S/C15H19N7OS/c1-4-11-20-10(7-24-11)5-21(2)12(23)6-22(3)15-13-14(17-8-16-13)18-9-19-15/h7-9H,4-6H2,1-3H3,(H,16,17,18,19). The van der Waals surface area contributed by atoms with Gasteiger partial charge in [0, 0.05) is 19.5 Å². The van der Waals surface area contributed by atoms with E-state index >= 15 is 0 Å². The Labute approximate surface area is 143 Å². The van der Waals surface area contributed by atoms with Crippen molar-refractivity contribution in [1.82, 2.24) is 29.8 Å². The molecule has 0 atom stereocenters. The van der Waals surface area contributed by atoms with E-state index in [2.05, 4.69) is 31.8 Å². The van der Waals surface area contributed by atoms with Gasteiger partial charge in [-0.3, -0.25) is 4.79 Å². The number of likely N-dealkylation sites (N-methyl/N-ethyl adjacent to an activating group) is 2. The fourth-order valence-corrected chi connectivity index (χ4v) is 3.09. The summed E-state index contributed by atoms with van der Waals surface area (Å²) >= 11 is 1.63. The minimum Gasteiger partial charge on any atom is -0.348 e. The van der Waals surface area contributed by atoms with Crippen molar-refractivity contribution in [3.8, 4) is 0 Å². The Morgan fingerprint density at radius 1 is 1.29 bits per heavy atom. The quantitative estimate of drug-likeness (QED) is 0.727. The fourth-order valence-electron chi connectivity index (χ4n) is 2.36. The number of carbonyl (C=O) groups excluding carboxylic acids is 1. The van der Waals surface area contributed by atoms with Crippen LogP contribution in [0.3, 0.4) is 0 Å². The highest BCUT2D eigenvalue weighted by Crippen LogP contribution is 2.18. The minimum atomic E-state index is -0.00479. The number of nitrogens with one attached hydrogen (secondary N) is 1. The molecule has 0 aliphatic heterocycles. The van der Waals surface area contributed by atoms with Crippen LogP contribution in [0.25, 0.3) is 11.2 Å². The zero-order valence-corrected chi connectivity index (χ0v) is 14.7. The third-order valence-electron chi connectivity index (χ3n) is 3.66. The van der Waals surface area contributed by atoms with Crippen LogP contribution in [0.4, 0.5) is 5.82 Å². The number of fused-ring (bicyclic) bond motifs is 1. The van der Waals surface area contributed by atoms with Gasteiger partial charge < -0.3 is 14.8 Å². The molecule has 1 amide bonds. The number of aromatic amines is 1. The number of amides is 1. The number of anilines is 1. The Kier molecular flexibility index (Phi) is 4.70. The van der Waals surface area contributed by atoms with Gasteiger partial charge in [0.25, 0.3) is 0 Å². The molecule has 1 N–H and O–H groups in total. The summed E-state index contributed by atoms with van der Waals surface area (Å²) in [6.45, 7) is 2.79. The first-order valence-electron chi connectivity index (χ1n) is 7.61. The summed E-state index contributed by atoms with van der Waals surface area (Å²) in [5, 5.41) is 3.09.